The van der Waals surface area contributed by atoms with Crippen LogP contribution >= 0.6 is 0 Å². The summed E-state index contributed by atoms with van der Waals surface area (Å²) in [5, 5.41) is 15.8. The third kappa shape index (κ3) is 4.84. The molecule has 0 aromatic carbocycles. The Hall–Kier alpha value is -2.16. The van der Waals surface area contributed by atoms with Gasteiger partial charge in [-0.25, -0.2) is 4.79 Å². The lowest BCUT2D eigenvalue weighted by atomic mass is 10.1. The van der Waals surface area contributed by atoms with Crippen LogP contribution in [0, 0.1) is 0 Å². The summed E-state index contributed by atoms with van der Waals surface area (Å²) in [4.78, 5) is 46.6. The standard InChI is InChI=1S/C11H18N4O5/c1-2-12-11(20)14-8(16)6-15-4-3-13-10(19)7(15)5-9(17)18/h7H,2-6H2,1H3,(H,13,19)(H,17,18)(H2,12,14,16,20). The minimum atomic E-state index is -1.12. The summed E-state index contributed by atoms with van der Waals surface area (Å²) in [6.45, 7) is 2.58. The van der Waals surface area contributed by atoms with Gasteiger partial charge in [0.25, 0.3) is 0 Å². The Morgan fingerprint density at radius 3 is 2.75 bits per heavy atom. The zero-order valence-electron chi connectivity index (χ0n) is 11.1. The molecular weight excluding hydrogens is 268 g/mol. The predicted molar refractivity (Wildman–Crippen MR) is 67.8 cm³/mol. The highest BCUT2D eigenvalue weighted by atomic mass is 16.4. The fourth-order valence-electron chi connectivity index (χ4n) is 1.89. The van der Waals surface area contributed by atoms with Gasteiger partial charge in [-0.3, -0.25) is 24.6 Å². The van der Waals surface area contributed by atoms with E-state index in [2.05, 4.69) is 16.0 Å². The van der Waals surface area contributed by atoms with E-state index in [1.54, 1.807) is 6.92 Å². The summed E-state index contributed by atoms with van der Waals surface area (Å²) < 4.78 is 0. The van der Waals surface area contributed by atoms with E-state index in [0.717, 1.165) is 0 Å². The van der Waals surface area contributed by atoms with E-state index in [0.29, 0.717) is 19.6 Å². The molecule has 112 valence electrons. The topological polar surface area (TPSA) is 128 Å². The molecule has 4 N–H and O–H groups in total. The Labute approximate surface area is 115 Å². The molecule has 20 heavy (non-hydrogen) atoms. The molecule has 1 aliphatic rings. The first-order chi connectivity index (χ1) is 9.43. The first-order valence-electron chi connectivity index (χ1n) is 6.25. The summed E-state index contributed by atoms with van der Waals surface area (Å²) >= 11 is 0. The highest BCUT2D eigenvalue weighted by Crippen LogP contribution is 2.08. The van der Waals surface area contributed by atoms with Crippen LogP contribution in [-0.2, 0) is 14.4 Å². The molecule has 1 atom stereocenters. The second kappa shape index (κ2) is 7.43. The van der Waals surface area contributed by atoms with Crippen LogP contribution in [0.5, 0.6) is 0 Å². The zero-order valence-corrected chi connectivity index (χ0v) is 11.1. The molecule has 0 aliphatic carbocycles. The minimum absolute atomic E-state index is 0.206. The van der Waals surface area contributed by atoms with Gasteiger partial charge in [0.1, 0.15) is 6.04 Å². The van der Waals surface area contributed by atoms with Crippen LogP contribution in [0.3, 0.4) is 0 Å². The third-order valence-electron chi connectivity index (χ3n) is 2.75. The number of piperazine rings is 1. The maximum absolute atomic E-state index is 11.6. The van der Waals surface area contributed by atoms with Gasteiger partial charge in [-0.2, -0.15) is 0 Å². The summed E-state index contributed by atoms with van der Waals surface area (Å²) in [6, 6.07) is -1.52. The van der Waals surface area contributed by atoms with Crippen LogP contribution in [0.25, 0.3) is 0 Å². The van der Waals surface area contributed by atoms with E-state index >= 15 is 0 Å². The average molecular weight is 286 g/mol. The SMILES string of the molecule is CCNC(=O)NC(=O)CN1CCNC(=O)C1CC(=O)O. The van der Waals surface area contributed by atoms with Crippen molar-refractivity contribution in [1.82, 2.24) is 20.9 Å². The number of carboxylic acids is 1. The largest absolute Gasteiger partial charge is 0.481 e. The molecule has 0 radical (unpaired) electrons. The molecule has 9 nitrogen and oxygen atoms in total. The fourth-order valence-corrected chi connectivity index (χ4v) is 1.89. The van der Waals surface area contributed by atoms with E-state index in [1.807, 2.05) is 0 Å². The fraction of sp³-hybridized carbons (Fsp3) is 0.636. The number of hydrogen-bond acceptors (Lipinski definition) is 5. The lowest BCUT2D eigenvalue weighted by molar-refractivity contribution is -0.144. The molecule has 4 amide bonds. The van der Waals surface area contributed by atoms with Crippen molar-refractivity contribution in [1.29, 1.82) is 0 Å². The monoisotopic (exact) mass is 286 g/mol. The Kier molecular flexibility index (Phi) is 5.91. The molecular formula is C11H18N4O5. The third-order valence-corrected chi connectivity index (χ3v) is 2.75. The van der Waals surface area contributed by atoms with Crippen molar-refractivity contribution in [2.24, 2.45) is 0 Å². The van der Waals surface area contributed by atoms with Crippen molar-refractivity contribution < 1.29 is 24.3 Å². The lowest BCUT2D eigenvalue weighted by Gasteiger charge is -2.33. The quantitative estimate of drug-likeness (QED) is 0.468. The lowest BCUT2D eigenvalue weighted by Crippen LogP contribution is -2.58. The molecule has 9 heteroatoms. The number of carboxylic acid groups (broad SMARTS) is 1. The molecule has 0 aromatic rings. The Morgan fingerprint density at radius 1 is 1.45 bits per heavy atom. The summed E-state index contributed by atoms with van der Waals surface area (Å²) in [5.41, 5.74) is 0. The van der Waals surface area contributed by atoms with E-state index in [-0.39, 0.29) is 13.0 Å². The van der Waals surface area contributed by atoms with Gasteiger partial charge >= 0.3 is 12.0 Å². The predicted octanol–water partition coefficient (Wildman–Crippen LogP) is -1.89. The number of hydrogen-bond donors (Lipinski definition) is 4. The normalized spacial score (nSPS) is 19.1. The minimum Gasteiger partial charge on any atom is -0.481 e. The highest BCUT2D eigenvalue weighted by Gasteiger charge is 2.32. The zero-order chi connectivity index (χ0) is 15.1. The molecule has 0 spiro atoms. The van der Waals surface area contributed by atoms with E-state index in [4.69, 9.17) is 5.11 Å². The van der Waals surface area contributed by atoms with Crippen LogP contribution in [0.15, 0.2) is 0 Å². The smallest absolute Gasteiger partial charge is 0.321 e. The van der Waals surface area contributed by atoms with Crippen molar-refractivity contribution >= 4 is 23.8 Å². The van der Waals surface area contributed by atoms with Gasteiger partial charge in [0.05, 0.1) is 13.0 Å². The molecule has 1 heterocycles. The molecule has 0 bridgehead atoms. The van der Waals surface area contributed by atoms with Crippen LogP contribution in [0.2, 0.25) is 0 Å². The van der Waals surface area contributed by atoms with Gasteiger partial charge < -0.3 is 15.7 Å². The van der Waals surface area contributed by atoms with Gasteiger partial charge in [-0.05, 0) is 6.92 Å². The Bertz CT molecular complexity index is 412. The van der Waals surface area contributed by atoms with Gasteiger partial charge in [0.2, 0.25) is 11.8 Å². The van der Waals surface area contributed by atoms with E-state index in [9.17, 15) is 19.2 Å². The molecule has 0 aromatic heterocycles. The molecule has 1 rings (SSSR count). The van der Waals surface area contributed by atoms with Crippen LogP contribution in [-0.4, -0.2) is 66.0 Å². The maximum Gasteiger partial charge on any atom is 0.321 e. The van der Waals surface area contributed by atoms with Gasteiger partial charge in [0, 0.05) is 19.6 Å². The van der Waals surface area contributed by atoms with Crippen molar-refractivity contribution in [3.05, 3.63) is 0 Å². The second-order valence-corrected chi connectivity index (χ2v) is 4.28. The summed E-state index contributed by atoms with van der Waals surface area (Å²) in [7, 11) is 0. The molecule has 1 fully saturated rings. The average Bonchev–Trinajstić information content (AvgIpc) is 2.33. The second-order valence-electron chi connectivity index (χ2n) is 4.28. The first-order valence-corrected chi connectivity index (χ1v) is 6.25. The molecule has 1 saturated heterocycles. The van der Waals surface area contributed by atoms with Crippen LogP contribution in [0.1, 0.15) is 13.3 Å². The van der Waals surface area contributed by atoms with Crippen molar-refractivity contribution in [3.8, 4) is 0 Å². The Balaban J connectivity index is 2.58. The number of amides is 4. The molecule has 1 unspecified atom stereocenters. The van der Waals surface area contributed by atoms with Crippen molar-refractivity contribution in [3.63, 3.8) is 0 Å². The number of urea groups is 1. The first kappa shape index (κ1) is 15.9. The van der Waals surface area contributed by atoms with E-state index < -0.39 is 29.9 Å². The number of aliphatic carboxylic acids is 1. The molecule has 0 saturated carbocycles. The molecule has 1 aliphatic heterocycles. The van der Waals surface area contributed by atoms with Crippen molar-refractivity contribution in [2.75, 3.05) is 26.2 Å². The number of nitrogens with one attached hydrogen (secondary N) is 3. The van der Waals surface area contributed by atoms with Gasteiger partial charge in [-0.15, -0.1) is 0 Å². The number of carbonyl (C=O) groups is 4. The Morgan fingerprint density at radius 2 is 2.15 bits per heavy atom. The number of imide groups is 1. The van der Waals surface area contributed by atoms with E-state index in [1.165, 1.54) is 4.90 Å². The number of rotatable bonds is 5. The summed E-state index contributed by atoms with van der Waals surface area (Å²) in [5.74, 6) is -2.13. The van der Waals surface area contributed by atoms with Crippen molar-refractivity contribution in [2.45, 2.75) is 19.4 Å². The maximum atomic E-state index is 11.6. The number of nitrogens with zero attached hydrogens (tertiary/aromatic N) is 1. The van der Waals surface area contributed by atoms with Gasteiger partial charge in [-0.1, -0.05) is 0 Å². The van der Waals surface area contributed by atoms with Gasteiger partial charge in [0.15, 0.2) is 0 Å². The summed E-state index contributed by atoms with van der Waals surface area (Å²) in [6.07, 6.45) is -0.389. The van der Waals surface area contributed by atoms with Crippen LogP contribution < -0.4 is 16.0 Å². The highest BCUT2D eigenvalue weighted by molar-refractivity contribution is 5.95. The van der Waals surface area contributed by atoms with Crippen LogP contribution in [0.4, 0.5) is 4.79 Å². The number of carbonyl (C=O) groups excluding carboxylic acids is 3.